The summed E-state index contributed by atoms with van der Waals surface area (Å²) in [4.78, 5) is 10.7. The van der Waals surface area contributed by atoms with Crippen LogP contribution in [0.15, 0.2) is 24.3 Å². The van der Waals surface area contributed by atoms with Crippen LogP contribution in [-0.4, -0.2) is 21.8 Å². The summed E-state index contributed by atoms with van der Waals surface area (Å²) in [6.45, 7) is 0. The Morgan fingerprint density at radius 2 is 2.24 bits per heavy atom. The molecule has 0 aromatic heterocycles. The quantitative estimate of drug-likeness (QED) is 0.588. The van der Waals surface area contributed by atoms with Gasteiger partial charge in [-0.3, -0.25) is 4.79 Å². The van der Waals surface area contributed by atoms with E-state index >= 15 is 0 Å². The van der Waals surface area contributed by atoms with Crippen LogP contribution in [0.5, 0.6) is 0 Å². The van der Waals surface area contributed by atoms with Gasteiger partial charge in [0, 0.05) is 17.7 Å². The summed E-state index contributed by atoms with van der Waals surface area (Å²) in [7, 11) is 0. The topological polar surface area (TPSA) is 63.3 Å². The minimum atomic E-state index is -0.735. The van der Waals surface area contributed by atoms with Gasteiger partial charge in [0.15, 0.2) is 0 Å². The summed E-state index contributed by atoms with van der Waals surface area (Å²) in [5.74, 6) is 0.973. The molecule has 1 rings (SSSR count). The van der Waals surface area contributed by atoms with Crippen molar-refractivity contribution >= 4 is 34.9 Å². The number of aliphatic carboxylic acids is 1. The predicted octanol–water partition coefficient (Wildman–Crippen LogP) is 2.42. The Hall–Kier alpha value is -1.07. The fourth-order valence-corrected chi connectivity index (χ4v) is 2.36. The lowest BCUT2D eigenvalue weighted by Gasteiger charge is -2.04. The fourth-order valence-electron chi connectivity index (χ4n) is 1.33. The number of carboxylic acids is 1. The van der Waals surface area contributed by atoms with Crippen molar-refractivity contribution in [1.82, 2.24) is 0 Å². The first-order valence-corrected chi connectivity index (χ1v) is 6.84. The van der Waals surface area contributed by atoms with Crippen LogP contribution in [0.2, 0.25) is 0 Å². The Kier molecular flexibility index (Phi) is 6.00. The van der Waals surface area contributed by atoms with Crippen molar-refractivity contribution in [3.8, 4) is 0 Å². The second-order valence-corrected chi connectivity index (χ2v) is 5.16. The molecule has 0 radical (unpaired) electrons. The van der Waals surface area contributed by atoms with E-state index in [4.69, 9.17) is 23.1 Å². The number of benzene rings is 1. The first kappa shape index (κ1) is 14.0. The van der Waals surface area contributed by atoms with Gasteiger partial charge in [0.1, 0.15) is 4.99 Å². The summed E-state index contributed by atoms with van der Waals surface area (Å²) >= 11 is 6.63. The van der Waals surface area contributed by atoms with E-state index in [9.17, 15) is 4.79 Å². The molecular formula is C12H15NO2S2. The molecule has 1 aromatic carbocycles. The van der Waals surface area contributed by atoms with E-state index < -0.39 is 5.97 Å². The lowest BCUT2D eigenvalue weighted by atomic mass is 10.1. The number of thioether (sulfide) groups is 1. The van der Waals surface area contributed by atoms with E-state index in [1.165, 1.54) is 0 Å². The molecule has 0 aliphatic heterocycles. The molecule has 1 aromatic rings. The maximum Gasteiger partial charge on any atom is 0.303 e. The van der Waals surface area contributed by atoms with E-state index in [-0.39, 0.29) is 6.42 Å². The second-order valence-electron chi connectivity index (χ2n) is 3.61. The summed E-state index contributed by atoms with van der Waals surface area (Å²) in [5.41, 5.74) is 7.59. The largest absolute Gasteiger partial charge is 0.481 e. The van der Waals surface area contributed by atoms with Crippen molar-refractivity contribution in [1.29, 1.82) is 0 Å². The van der Waals surface area contributed by atoms with Crippen LogP contribution in [-0.2, 0) is 10.5 Å². The molecule has 3 N–H and O–H groups in total. The molecule has 0 spiro atoms. The highest BCUT2D eigenvalue weighted by molar-refractivity contribution is 7.98. The third-order valence-corrected chi connectivity index (χ3v) is 3.51. The molecule has 17 heavy (non-hydrogen) atoms. The van der Waals surface area contributed by atoms with Crippen LogP contribution < -0.4 is 5.73 Å². The van der Waals surface area contributed by atoms with Gasteiger partial charge in [-0.2, -0.15) is 11.8 Å². The van der Waals surface area contributed by atoms with Crippen LogP contribution in [0.1, 0.15) is 24.0 Å². The summed E-state index contributed by atoms with van der Waals surface area (Å²) in [5, 5.41) is 8.49. The van der Waals surface area contributed by atoms with Gasteiger partial charge >= 0.3 is 5.97 Å². The third-order valence-electron chi connectivity index (χ3n) is 2.16. The number of thiocarbonyl (C=S) groups is 1. The molecular weight excluding hydrogens is 254 g/mol. The fraction of sp³-hybridized carbons (Fsp3) is 0.333. The van der Waals surface area contributed by atoms with Gasteiger partial charge in [0.05, 0.1) is 0 Å². The van der Waals surface area contributed by atoms with Crippen LogP contribution in [0.4, 0.5) is 0 Å². The molecule has 92 valence electrons. The Balaban J connectivity index is 2.34. The highest BCUT2D eigenvalue weighted by Gasteiger charge is 2.00. The monoisotopic (exact) mass is 269 g/mol. The predicted molar refractivity (Wildman–Crippen MR) is 75.4 cm³/mol. The molecule has 0 atom stereocenters. The van der Waals surface area contributed by atoms with Crippen molar-refractivity contribution in [2.75, 3.05) is 5.75 Å². The number of nitrogens with two attached hydrogens (primary N) is 1. The standard InChI is InChI=1S/C12H15NO2S2/c13-12(16)10-4-1-3-9(7-10)8-17-6-2-5-11(14)15/h1,3-4,7H,2,5-6,8H2,(H2,13,16)(H,14,15). The summed E-state index contributed by atoms with van der Waals surface area (Å²) in [6, 6.07) is 7.82. The lowest BCUT2D eigenvalue weighted by Crippen LogP contribution is -2.09. The van der Waals surface area contributed by atoms with Crippen molar-refractivity contribution in [2.45, 2.75) is 18.6 Å². The molecule has 0 aliphatic carbocycles. The van der Waals surface area contributed by atoms with Crippen LogP contribution in [0, 0.1) is 0 Å². The van der Waals surface area contributed by atoms with Gasteiger partial charge in [-0.05, 0) is 23.8 Å². The van der Waals surface area contributed by atoms with Gasteiger partial charge < -0.3 is 10.8 Å². The molecule has 0 saturated heterocycles. The maximum absolute atomic E-state index is 10.3. The van der Waals surface area contributed by atoms with Crippen LogP contribution in [0.3, 0.4) is 0 Å². The van der Waals surface area contributed by atoms with E-state index in [1.807, 2.05) is 24.3 Å². The lowest BCUT2D eigenvalue weighted by molar-refractivity contribution is -0.137. The number of hydrogen-bond acceptors (Lipinski definition) is 3. The molecule has 0 fully saturated rings. The van der Waals surface area contributed by atoms with Crippen molar-refractivity contribution in [3.63, 3.8) is 0 Å². The first-order valence-electron chi connectivity index (χ1n) is 5.28. The zero-order chi connectivity index (χ0) is 12.7. The highest BCUT2D eigenvalue weighted by atomic mass is 32.2. The summed E-state index contributed by atoms with van der Waals surface area (Å²) in [6.07, 6.45) is 0.939. The average Bonchev–Trinajstić information content (AvgIpc) is 2.28. The SMILES string of the molecule is NC(=S)c1cccc(CSCCCC(=O)O)c1. The Morgan fingerprint density at radius 1 is 1.47 bits per heavy atom. The molecule has 0 amide bonds. The summed E-state index contributed by atoms with van der Waals surface area (Å²) < 4.78 is 0. The smallest absolute Gasteiger partial charge is 0.303 e. The number of carbonyl (C=O) groups is 1. The molecule has 0 bridgehead atoms. The van der Waals surface area contributed by atoms with Gasteiger partial charge in [0.2, 0.25) is 0 Å². The minimum Gasteiger partial charge on any atom is -0.481 e. The van der Waals surface area contributed by atoms with Gasteiger partial charge in [-0.15, -0.1) is 0 Å². The Labute approximate surface area is 110 Å². The second kappa shape index (κ2) is 7.29. The van der Waals surface area contributed by atoms with Gasteiger partial charge in [0.25, 0.3) is 0 Å². The van der Waals surface area contributed by atoms with Crippen LogP contribution >= 0.6 is 24.0 Å². The number of rotatable bonds is 7. The molecule has 0 aliphatic rings. The zero-order valence-corrected chi connectivity index (χ0v) is 11.0. The molecule has 3 nitrogen and oxygen atoms in total. The third kappa shape index (κ3) is 5.70. The average molecular weight is 269 g/mol. The van der Waals surface area contributed by atoms with Crippen molar-refractivity contribution in [3.05, 3.63) is 35.4 Å². The van der Waals surface area contributed by atoms with Gasteiger partial charge in [-0.1, -0.05) is 30.4 Å². The molecule has 0 heterocycles. The molecule has 0 saturated carbocycles. The number of hydrogen-bond donors (Lipinski definition) is 2. The minimum absolute atomic E-state index is 0.236. The molecule has 0 unspecified atom stereocenters. The van der Waals surface area contributed by atoms with Crippen LogP contribution in [0.25, 0.3) is 0 Å². The van der Waals surface area contributed by atoms with E-state index in [2.05, 4.69) is 0 Å². The molecule has 5 heteroatoms. The van der Waals surface area contributed by atoms with E-state index in [0.717, 1.165) is 22.6 Å². The zero-order valence-electron chi connectivity index (χ0n) is 9.39. The van der Waals surface area contributed by atoms with E-state index in [0.29, 0.717) is 11.4 Å². The Bertz CT molecular complexity index is 407. The highest BCUT2D eigenvalue weighted by Crippen LogP contribution is 2.15. The first-order chi connectivity index (χ1) is 8.09. The maximum atomic E-state index is 10.3. The number of carboxylic acid groups (broad SMARTS) is 1. The van der Waals surface area contributed by atoms with Gasteiger partial charge in [-0.25, -0.2) is 0 Å². The Morgan fingerprint density at radius 3 is 2.88 bits per heavy atom. The van der Waals surface area contributed by atoms with Crippen molar-refractivity contribution in [2.24, 2.45) is 5.73 Å². The van der Waals surface area contributed by atoms with Crippen molar-refractivity contribution < 1.29 is 9.90 Å². The van der Waals surface area contributed by atoms with E-state index in [1.54, 1.807) is 11.8 Å². The normalized spacial score (nSPS) is 10.1.